The largest absolute Gasteiger partial charge is 0.310 e. The highest BCUT2D eigenvalue weighted by atomic mass is 19.2. The summed E-state index contributed by atoms with van der Waals surface area (Å²) in [6.07, 6.45) is 0. The first kappa shape index (κ1) is 13.7. The molecule has 0 spiro atoms. The Bertz CT molecular complexity index is 566. The van der Waals surface area contributed by atoms with Crippen LogP contribution in [0.5, 0.6) is 0 Å². The maximum Gasteiger partial charge on any atom is 0.159 e. The molecule has 1 unspecified atom stereocenters. The Hall–Kier alpha value is -1.74. The zero-order valence-electron chi connectivity index (χ0n) is 11.1. The Morgan fingerprint density at radius 1 is 1.05 bits per heavy atom. The van der Waals surface area contributed by atoms with Crippen molar-refractivity contribution in [2.24, 2.45) is 0 Å². The number of benzene rings is 2. The lowest BCUT2D eigenvalue weighted by Gasteiger charge is -2.17. The highest BCUT2D eigenvalue weighted by Crippen LogP contribution is 2.29. The van der Waals surface area contributed by atoms with Crippen LogP contribution >= 0.6 is 0 Å². The first-order valence-electron chi connectivity index (χ1n) is 6.41. The summed E-state index contributed by atoms with van der Waals surface area (Å²) in [5, 5.41) is 3.33. The van der Waals surface area contributed by atoms with Crippen LogP contribution in [0.2, 0.25) is 0 Å². The Labute approximate surface area is 112 Å². The molecule has 0 radical (unpaired) electrons. The van der Waals surface area contributed by atoms with Crippen molar-refractivity contribution < 1.29 is 8.78 Å². The Kier molecular flexibility index (Phi) is 4.27. The topological polar surface area (TPSA) is 12.0 Å². The fraction of sp³-hybridized carbons (Fsp3) is 0.250. The maximum absolute atomic E-state index is 13.4. The summed E-state index contributed by atoms with van der Waals surface area (Å²) in [6.45, 7) is 4.95. The van der Waals surface area contributed by atoms with Gasteiger partial charge in [-0.3, -0.25) is 0 Å². The van der Waals surface area contributed by atoms with Gasteiger partial charge in [-0.25, -0.2) is 8.78 Å². The highest BCUT2D eigenvalue weighted by molar-refractivity contribution is 5.68. The second-order valence-electron chi connectivity index (χ2n) is 4.50. The van der Waals surface area contributed by atoms with Crippen LogP contribution in [0.1, 0.15) is 25.5 Å². The molecule has 0 heterocycles. The summed E-state index contributed by atoms with van der Waals surface area (Å²) >= 11 is 0. The van der Waals surface area contributed by atoms with Gasteiger partial charge in [0.15, 0.2) is 11.6 Å². The van der Waals surface area contributed by atoms with Crippen molar-refractivity contribution in [2.45, 2.75) is 19.9 Å². The van der Waals surface area contributed by atoms with Gasteiger partial charge in [0.05, 0.1) is 0 Å². The van der Waals surface area contributed by atoms with Crippen LogP contribution in [-0.4, -0.2) is 6.54 Å². The summed E-state index contributed by atoms with van der Waals surface area (Å²) in [7, 11) is 0. The highest BCUT2D eigenvalue weighted by Gasteiger charge is 2.12. The fourth-order valence-corrected chi connectivity index (χ4v) is 2.22. The molecule has 1 nitrogen and oxygen atoms in total. The standard InChI is InChI=1S/C16H17F2N/c1-3-19-11(2)13-6-4-5-7-14(13)12-8-9-15(17)16(18)10-12/h4-11,19H,3H2,1-2H3. The molecule has 19 heavy (non-hydrogen) atoms. The van der Waals surface area contributed by atoms with Crippen molar-refractivity contribution in [1.82, 2.24) is 5.32 Å². The predicted molar refractivity (Wildman–Crippen MR) is 73.9 cm³/mol. The van der Waals surface area contributed by atoms with E-state index in [2.05, 4.69) is 12.2 Å². The van der Waals surface area contributed by atoms with E-state index in [1.54, 1.807) is 6.07 Å². The van der Waals surface area contributed by atoms with Crippen LogP contribution in [0.25, 0.3) is 11.1 Å². The monoisotopic (exact) mass is 261 g/mol. The van der Waals surface area contributed by atoms with Gasteiger partial charge in [0.25, 0.3) is 0 Å². The van der Waals surface area contributed by atoms with Gasteiger partial charge in [-0.1, -0.05) is 37.3 Å². The van der Waals surface area contributed by atoms with Gasteiger partial charge < -0.3 is 5.32 Å². The molecular weight excluding hydrogens is 244 g/mol. The average molecular weight is 261 g/mol. The quantitative estimate of drug-likeness (QED) is 0.865. The zero-order chi connectivity index (χ0) is 13.8. The fourth-order valence-electron chi connectivity index (χ4n) is 2.22. The molecule has 0 aliphatic carbocycles. The predicted octanol–water partition coefficient (Wildman–Crippen LogP) is 4.30. The molecule has 0 saturated carbocycles. The van der Waals surface area contributed by atoms with E-state index < -0.39 is 11.6 Å². The average Bonchev–Trinajstić information content (AvgIpc) is 2.42. The van der Waals surface area contributed by atoms with Gasteiger partial charge in [0.1, 0.15) is 0 Å². The van der Waals surface area contributed by atoms with Crippen molar-refractivity contribution in [1.29, 1.82) is 0 Å². The first-order valence-corrected chi connectivity index (χ1v) is 6.41. The summed E-state index contributed by atoms with van der Waals surface area (Å²) in [4.78, 5) is 0. The molecule has 0 aliphatic heterocycles. The second-order valence-corrected chi connectivity index (χ2v) is 4.50. The zero-order valence-corrected chi connectivity index (χ0v) is 11.1. The van der Waals surface area contributed by atoms with Crippen molar-refractivity contribution in [2.75, 3.05) is 6.54 Å². The molecule has 100 valence electrons. The van der Waals surface area contributed by atoms with E-state index in [4.69, 9.17) is 0 Å². The third-order valence-corrected chi connectivity index (χ3v) is 3.17. The van der Waals surface area contributed by atoms with Crippen molar-refractivity contribution in [3.63, 3.8) is 0 Å². The van der Waals surface area contributed by atoms with E-state index >= 15 is 0 Å². The van der Waals surface area contributed by atoms with Crippen LogP contribution in [0.3, 0.4) is 0 Å². The molecule has 1 atom stereocenters. The van der Waals surface area contributed by atoms with Gasteiger partial charge in [-0.05, 0) is 42.3 Å². The van der Waals surface area contributed by atoms with Gasteiger partial charge in [-0.15, -0.1) is 0 Å². The molecule has 0 fully saturated rings. The normalized spacial score (nSPS) is 12.4. The lowest BCUT2D eigenvalue weighted by atomic mass is 9.95. The minimum Gasteiger partial charge on any atom is -0.310 e. The Morgan fingerprint density at radius 2 is 1.79 bits per heavy atom. The molecule has 0 bridgehead atoms. The van der Waals surface area contributed by atoms with Crippen molar-refractivity contribution >= 4 is 0 Å². The van der Waals surface area contributed by atoms with Gasteiger partial charge >= 0.3 is 0 Å². The van der Waals surface area contributed by atoms with Crippen LogP contribution in [0, 0.1) is 11.6 Å². The molecular formula is C16H17F2N. The minimum absolute atomic E-state index is 0.161. The van der Waals surface area contributed by atoms with E-state index in [1.165, 1.54) is 12.1 Å². The molecule has 1 N–H and O–H groups in total. The van der Waals surface area contributed by atoms with E-state index in [0.717, 1.165) is 17.7 Å². The van der Waals surface area contributed by atoms with E-state index in [1.807, 2.05) is 31.2 Å². The number of hydrogen-bond acceptors (Lipinski definition) is 1. The smallest absolute Gasteiger partial charge is 0.159 e. The second kappa shape index (κ2) is 5.93. The summed E-state index contributed by atoms with van der Waals surface area (Å²) < 4.78 is 26.4. The molecule has 2 aromatic rings. The lowest BCUT2D eigenvalue weighted by molar-refractivity contribution is 0.509. The Balaban J connectivity index is 2.46. The lowest BCUT2D eigenvalue weighted by Crippen LogP contribution is -2.18. The van der Waals surface area contributed by atoms with E-state index in [9.17, 15) is 8.78 Å². The number of hydrogen-bond donors (Lipinski definition) is 1. The van der Waals surface area contributed by atoms with Crippen LogP contribution in [0.15, 0.2) is 42.5 Å². The maximum atomic E-state index is 13.4. The van der Waals surface area contributed by atoms with Crippen LogP contribution in [-0.2, 0) is 0 Å². The van der Waals surface area contributed by atoms with Crippen LogP contribution < -0.4 is 5.32 Å². The SMILES string of the molecule is CCNC(C)c1ccccc1-c1ccc(F)c(F)c1. The van der Waals surface area contributed by atoms with Crippen molar-refractivity contribution in [3.8, 4) is 11.1 Å². The van der Waals surface area contributed by atoms with E-state index in [0.29, 0.717) is 5.56 Å². The van der Waals surface area contributed by atoms with Gasteiger partial charge in [-0.2, -0.15) is 0 Å². The molecule has 0 aliphatic rings. The van der Waals surface area contributed by atoms with E-state index in [-0.39, 0.29) is 6.04 Å². The summed E-state index contributed by atoms with van der Waals surface area (Å²) in [5.41, 5.74) is 2.70. The molecule has 0 aromatic heterocycles. The Morgan fingerprint density at radius 3 is 2.47 bits per heavy atom. The van der Waals surface area contributed by atoms with Gasteiger partial charge in [0, 0.05) is 6.04 Å². The molecule has 2 rings (SSSR count). The molecule has 0 amide bonds. The summed E-state index contributed by atoms with van der Waals surface area (Å²) in [6, 6.07) is 12.0. The minimum atomic E-state index is -0.819. The van der Waals surface area contributed by atoms with Gasteiger partial charge in [0.2, 0.25) is 0 Å². The van der Waals surface area contributed by atoms with Crippen molar-refractivity contribution in [3.05, 3.63) is 59.7 Å². The molecule has 0 saturated heterocycles. The number of halogens is 2. The molecule has 3 heteroatoms. The molecule has 2 aromatic carbocycles. The number of rotatable bonds is 4. The summed E-state index contributed by atoms with van der Waals surface area (Å²) in [5.74, 6) is -1.63. The number of nitrogens with one attached hydrogen (secondary N) is 1. The first-order chi connectivity index (χ1) is 9.13. The third-order valence-electron chi connectivity index (χ3n) is 3.17. The van der Waals surface area contributed by atoms with Crippen LogP contribution in [0.4, 0.5) is 8.78 Å². The third kappa shape index (κ3) is 2.99.